The number of nitro groups is 1. The predicted molar refractivity (Wildman–Crippen MR) is 84.9 cm³/mol. The summed E-state index contributed by atoms with van der Waals surface area (Å²) in [6.07, 6.45) is 0. The average Bonchev–Trinajstić information content (AvgIpc) is 3.11. The fourth-order valence-electron chi connectivity index (χ4n) is 2.24. The van der Waals surface area contributed by atoms with Gasteiger partial charge in [-0.3, -0.25) is 10.1 Å². The van der Waals surface area contributed by atoms with Gasteiger partial charge in [-0.2, -0.15) is 4.98 Å². The third kappa shape index (κ3) is 2.76. The lowest BCUT2D eigenvalue weighted by molar-refractivity contribution is -0.384. The van der Waals surface area contributed by atoms with Crippen LogP contribution in [0.4, 0.5) is 5.69 Å². The molecule has 0 N–H and O–H groups in total. The highest BCUT2D eigenvalue weighted by Crippen LogP contribution is 2.33. The molecule has 0 atom stereocenters. The van der Waals surface area contributed by atoms with Crippen molar-refractivity contribution in [2.24, 2.45) is 0 Å². The van der Waals surface area contributed by atoms with E-state index < -0.39 is 4.92 Å². The molecule has 0 aliphatic rings. The van der Waals surface area contributed by atoms with Crippen LogP contribution >= 0.6 is 0 Å². The van der Waals surface area contributed by atoms with E-state index in [-0.39, 0.29) is 17.1 Å². The Morgan fingerprint density at radius 1 is 1.08 bits per heavy atom. The molecule has 24 heavy (non-hydrogen) atoms. The monoisotopic (exact) mass is 327 g/mol. The van der Waals surface area contributed by atoms with Crippen LogP contribution in [0, 0.1) is 10.1 Å². The van der Waals surface area contributed by atoms with Crippen molar-refractivity contribution >= 4 is 5.69 Å². The van der Waals surface area contributed by atoms with Crippen LogP contribution in [0.25, 0.3) is 22.8 Å². The van der Waals surface area contributed by atoms with Crippen molar-refractivity contribution in [3.05, 3.63) is 52.6 Å². The number of hydrogen-bond donors (Lipinski definition) is 0. The Bertz CT molecular complexity index is 891. The first kappa shape index (κ1) is 15.5. The van der Waals surface area contributed by atoms with Crippen LogP contribution in [0.5, 0.6) is 11.5 Å². The van der Waals surface area contributed by atoms with Gasteiger partial charge in [0.2, 0.25) is 5.82 Å². The van der Waals surface area contributed by atoms with Crippen molar-refractivity contribution in [3.8, 4) is 34.3 Å². The molecule has 0 aliphatic carbocycles. The molecule has 0 saturated heterocycles. The molecule has 0 spiro atoms. The standard InChI is InChI=1S/C16H13N3O5/c1-22-13-8-7-10(9-14(13)23-2)15-17-16(24-18-15)11-5-3-4-6-12(11)19(20)21/h3-9H,1-2H3. The van der Waals surface area contributed by atoms with Gasteiger partial charge in [-0.05, 0) is 24.3 Å². The second kappa shape index (κ2) is 6.37. The number of rotatable bonds is 5. The Balaban J connectivity index is 2.02. The van der Waals surface area contributed by atoms with Crippen LogP contribution in [0.1, 0.15) is 0 Å². The smallest absolute Gasteiger partial charge is 0.282 e. The summed E-state index contributed by atoms with van der Waals surface area (Å²) in [5.41, 5.74) is 0.808. The average molecular weight is 327 g/mol. The van der Waals surface area contributed by atoms with E-state index >= 15 is 0 Å². The molecule has 0 fully saturated rings. The lowest BCUT2D eigenvalue weighted by Gasteiger charge is -2.07. The summed E-state index contributed by atoms with van der Waals surface area (Å²) in [5.74, 6) is 1.46. The first-order valence-electron chi connectivity index (χ1n) is 6.94. The molecule has 0 saturated carbocycles. The summed E-state index contributed by atoms with van der Waals surface area (Å²) in [5, 5.41) is 15.0. The molecule has 0 amide bonds. The van der Waals surface area contributed by atoms with E-state index in [1.165, 1.54) is 13.2 Å². The van der Waals surface area contributed by atoms with Crippen molar-refractivity contribution < 1.29 is 18.9 Å². The van der Waals surface area contributed by atoms with Crippen LogP contribution in [-0.2, 0) is 0 Å². The second-order valence-corrected chi connectivity index (χ2v) is 4.77. The first-order valence-corrected chi connectivity index (χ1v) is 6.94. The molecule has 3 aromatic rings. The molecular weight excluding hydrogens is 314 g/mol. The van der Waals surface area contributed by atoms with E-state index in [1.54, 1.807) is 43.5 Å². The molecular formula is C16H13N3O5. The van der Waals surface area contributed by atoms with Gasteiger partial charge in [0.15, 0.2) is 11.5 Å². The lowest BCUT2D eigenvalue weighted by atomic mass is 10.1. The Labute approximate surface area is 136 Å². The van der Waals surface area contributed by atoms with Crippen LogP contribution in [-0.4, -0.2) is 29.3 Å². The molecule has 0 bridgehead atoms. The zero-order chi connectivity index (χ0) is 17.1. The number of benzene rings is 2. The van der Waals surface area contributed by atoms with Crippen molar-refractivity contribution in [3.63, 3.8) is 0 Å². The fraction of sp³-hybridized carbons (Fsp3) is 0.125. The third-order valence-electron chi connectivity index (χ3n) is 3.40. The van der Waals surface area contributed by atoms with Gasteiger partial charge in [0.25, 0.3) is 11.6 Å². The summed E-state index contributed by atoms with van der Waals surface area (Å²) in [6.45, 7) is 0. The van der Waals surface area contributed by atoms with Crippen LogP contribution in [0.15, 0.2) is 47.0 Å². The normalized spacial score (nSPS) is 10.4. The van der Waals surface area contributed by atoms with Gasteiger partial charge in [0.1, 0.15) is 5.56 Å². The summed E-state index contributed by atoms with van der Waals surface area (Å²) < 4.78 is 15.6. The second-order valence-electron chi connectivity index (χ2n) is 4.77. The molecule has 1 heterocycles. The van der Waals surface area contributed by atoms with Crippen molar-refractivity contribution in [2.45, 2.75) is 0 Å². The summed E-state index contributed by atoms with van der Waals surface area (Å²) in [6, 6.07) is 11.4. The summed E-state index contributed by atoms with van der Waals surface area (Å²) in [4.78, 5) is 14.9. The van der Waals surface area contributed by atoms with Crippen LogP contribution in [0.3, 0.4) is 0 Å². The Kier molecular flexibility index (Phi) is 4.11. The fourth-order valence-corrected chi connectivity index (χ4v) is 2.24. The van der Waals surface area contributed by atoms with Crippen LogP contribution < -0.4 is 9.47 Å². The summed E-state index contributed by atoms with van der Waals surface area (Å²) >= 11 is 0. The number of nitro benzene ring substituents is 1. The molecule has 8 heteroatoms. The molecule has 2 aromatic carbocycles. The van der Waals surface area contributed by atoms with Gasteiger partial charge >= 0.3 is 0 Å². The van der Waals surface area contributed by atoms with Gasteiger partial charge in [0.05, 0.1) is 19.1 Å². The van der Waals surface area contributed by atoms with E-state index in [2.05, 4.69) is 10.1 Å². The Hall–Kier alpha value is -3.42. The molecule has 1 aromatic heterocycles. The van der Waals surface area contributed by atoms with Crippen molar-refractivity contribution in [1.29, 1.82) is 0 Å². The highest BCUT2D eigenvalue weighted by Gasteiger charge is 2.20. The quantitative estimate of drug-likeness (QED) is 0.523. The van der Waals surface area contributed by atoms with Gasteiger partial charge in [-0.25, -0.2) is 0 Å². The van der Waals surface area contributed by atoms with E-state index in [1.807, 2.05) is 0 Å². The minimum atomic E-state index is -0.490. The van der Waals surface area contributed by atoms with E-state index in [9.17, 15) is 10.1 Å². The van der Waals surface area contributed by atoms with E-state index in [4.69, 9.17) is 14.0 Å². The molecule has 0 aliphatic heterocycles. The third-order valence-corrected chi connectivity index (χ3v) is 3.40. The molecule has 0 unspecified atom stereocenters. The Morgan fingerprint density at radius 3 is 2.54 bits per heavy atom. The van der Waals surface area contributed by atoms with Gasteiger partial charge in [0, 0.05) is 11.6 Å². The summed E-state index contributed by atoms with van der Waals surface area (Å²) in [7, 11) is 3.06. The number of ether oxygens (including phenoxy) is 2. The number of aromatic nitrogens is 2. The maximum absolute atomic E-state index is 11.1. The lowest BCUT2D eigenvalue weighted by Crippen LogP contribution is -1.92. The molecule has 122 valence electrons. The zero-order valence-corrected chi connectivity index (χ0v) is 12.9. The molecule has 0 radical (unpaired) electrons. The molecule has 3 rings (SSSR count). The SMILES string of the molecule is COc1ccc(-c2noc(-c3ccccc3[N+](=O)[O-])n2)cc1OC. The van der Waals surface area contributed by atoms with E-state index in [0.29, 0.717) is 22.9 Å². The van der Waals surface area contributed by atoms with Crippen molar-refractivity contribution in [2.75, 3.05) is 14.2 Å². The largest absolute Gasteiger partial charge is 0.493 e. The highest BCUT2D eigenvalue weighted by molar-refractivity contribution is 5.69. The minimum Gasteiger partial charge on any atom is -0.493 e. The topological polar surface area (TPSA) is 101 Å². The number of para-hydroxylation sites is 1. The Morgan fingerprint density at radius 2 is 1.83 bits per heavy atom. The van der Waals surface area contributed by atoms with Gasteiger partial charge < -0.3 is 14.0 Å². The zero-order valence-electron chi connectivity index (χ0n) is 12.9. The highest BCUT2D eigenvalue weighted by atomic mass is 16.6. The maximum Gasteiger partial charge on any atom is 0.282 e. The van der Waals surface area contributed by atoms with Crippen molar-refractivity contribution in [1.82, 2.24) is 10.1 Å². The molecule has 8 nitrogen and oxygen atoms in total. The number of nitrogens with zero attached hydrogens (tertiary/aromatic N) is 3. The maximum atomic E-state index is 11.1. The number of methoxy groups -OCH3 is 2. The van der Waals surface area contributed by atoms with E-state index in [0.717, 1.165) is 0 Å². The number of hydrogen-bond acceptors (Lipinski definition) is 7. The van der Waals surface area contributed by atoms with Gasteiger partial charge in [-0.15, -0.1) is 0 Å². The van der Waals surface area contributed by atoms with Crippen LogP contribution in [0.2, 0.25) is 0 Å². The minimum absolute atomic E-state index is 0.0760. The predicted octanol–water partition coefficient (Wildman–Crippen LogP) is 3.33. The first-order chi connectivity index (χ1) is 11.6. The van der Waals surface area contributed by atoms with Gasteiger partial charge in [-0.1, -0.05) is 17.3 Å².